The second kappa shape index (κ2) is 12.6. The van der Waals surface area contributed by atoms with Gasteiger partial charge in [0.2, 0.25) is 0 Å². The zero-order chi connectivity index (χ0) is 27.0. The molecule has 8 heteroatoms. The summed E-state index contributed by atoms with van der Waals surface area (Å²) in [6, 6.07) is 8.26. The molecule has 0 saturated heterocycles. The monoisotopic (exact) mass is 498 g/mol. The first-order chi connectivity index (χ1) is 16.9. The zero-order valence-electron chi connectivity index (χ0n) is 20.5. The standard InChI is InChI=1S/C28H28F2O6/c1-16(2)26(31)34-14-19(15-35-27(32)17(3)4)11-22-8-7-20(12-23(22)29)21-9-10-25(24(30)13-21)36-28(33)18(5)6/h7-10,12-13,19H,1,3,5,11,14-15H2,2,4,6H3. The third-order valence-corrected chi connectivity index (χ3v) is 4.98. The molecule has 0 aromatic heterocycles. The van der Waals surface area contributed by atoms with Crippen molar-refractivity contribution in [2.45, 2.75) is 27.2 Å². The minimum Gasteiger partial charge on any atom is -0.462 e. The number of benzene rings is 2. The maximum atomic E-state index is 15.0. The molecule has 0 aliphatic heterocycles. The third-order valence-electron chi connectivity index (χ3n) is 4.98. The number of esters is 3. The maximum absolute atomic E-state index is 15.0. The third kappa shape index (κ3) is 8.01. The van der Waals surface area contributed by atoms with Crippen LogP contribution in [0.3, 0.4) is 0 Å². The molecule has 0 N–H and O–H groups in total. The molecular weight excluding hydrogens is 470 g/mol. The predicted octanol–water partition coefficient (Wildman–Crippen LogP) is 5.51. The van der Waals surface area contributed by atoms with Gasteiger partial charge < -0.3 is 14.2 Å². The van der Waals surface area contributed by atoms with Crippen LogP contribution in [-0.4, -0.2) is 31.1 Å². The molecule has 2 aromatic carbocycles. The Balaban J connectivity index is 2.20. The van der Waals surface area contributed by atoms with Crippen LogP contribution in [0, 0.1) is 17.6 Å². The smallest absolute Gasteiger partial charge is 0.338 e. The van der Waals surface area contributed by atoms with Crippen LogP contribution in [0.4, 0.5) is 8.78 Å². The van der Waals surface area contributed by atoms with Gasteiger partial charge in [0.15, 0.2) is 11.6 Å². The van der Waals surface area contributed by atoms with E-state index in [-0.39, 0.29) is 47.7 Å². The van der Waals surface area contributed by atoms with Crippen molar-refractivity contribution >= 4 is 17.9 Å². The SMILES string of the molecule is C=C(C)C(=O)OCC(COC(=O)C(=C)C)Cc1ccc(-c2ccc(OC(=O)C(=C)C)c(F)c2)cc1F. The lowest BCUT2D eigenvalue weighted by Gasteiger charge is -2.18. The lowest BCUT2D eigenvalue weighted by Crippen LogP contribution is -2.23. The summed E-state index contributed by atoms with van der Waals surface area (Å²) in [5.74, 6) is -4.13. The van der Waals surface area contributed by atoms with Gasteiger partial charge >= 0.3 is 17.9 Å². The fraction of sp³-hybridized carbons (Fsp3) is 0.250. The summed E-state index contributed by atoms with van der Waals surface area (Å²) < 4.78 is 44.7. The molecule has 0 fully saturated rings. The van der Waals surface area contributed by atoms with E-state index in [0.29, 0.717) is 11.1 Å². The van der Waals surface area contributed by atoms with Gasteiger partial charge in [0.1, 0.15) is 5.82 Å². The van der Waals surface area contributed by atoms with Gasteiger partial charge in [-0.05, 0) is 62.1 Å². The topological polar surface area (TPSA) is 78.9 Å². The van der Waals surface area contributed by atoms with Gasteiger partial charge in [0.05, 0.1) is 13.2 Å². The number of rotatable bonds is 11. The van der Waals surface area contributed by atoms with E-state index in [1.54, 1.807) is 6.07 Å². The van der Waals surface area contributed by atoms with Crippen LogP contribution in [-0.2, 0) is 30.3 Å². The molecule has 0 spiro atoms. The molecule has 2 aromatic rings. The Bertz CT molecular complexity index is 1180. The van der Waals surface area contributed by atoms with Crippen molar-refractivity contribution in [1.29, 1.82) is 0 Å². The normalized spacial score (nSPS) is 10.5. The Morgan fingerprint density at radius 1 is 0.750 bits per heavy atom. The summed E-state index contributed by atoms with van der Waals surface area (Å²) >= 11 is 0. The van der Waals surface area contributed by atoms with Crippen molar-refractivity contribution in [1.82, 2.24) is 0 Å². The van der Waals surface area contributed by atoms with Crippen LogP contribution in [0.25, 0.3) is 11.1 Å². The summed E-state index contributed by atoms with van der Waals surface area (Å²) in [6.45, 7) is 14.7. The molecule has 0 unspecified atom stereocenters. The highest BCUT2D eigenvalue weighted by atomic mass is 19.1. The quantitative estimate of drug-likeness (QED) is 0.231. The molecule has 0 heterocycles. The fourth-order valence-corrected chi connectivity index (χ4v) is 2.95. The van der Waals surface area contributed by atoms with E-state index < -0.39 is 35.5 Å². The summed E-state index contributed by atoms with van der Waals surface area (Å²) in [7, 11) is 0. The largest absolute Gasteiger partial charge is 0.462 e. The Labute approximate surface area is 208 Å². The molecule has 0 radical (unpaired) electrons. The summed E-state index contributed by atoms with van der Waals surface area (Å²) in [6.07, 6.45) is 0.100. The molecule has 0 aliphatic carbocycles. The first kappa shape index (κ1) is 28.2. The van der Waals surface area contributed by atoms with Crippen molar-refractivity contribution in [2.24, 2.45) is 5.92 Å². The van der Waals surface area contributed by atoms with Crippen LogP contribution in [0.15, 0.2) is 72.9 Å². The van der Waals surface area contributed by atoms with Crippen molar-refractivity contribution in [3.05, 3.63) is 90.1 Å². The first-order valence-electron chi connectivity index (χ1n) is 11.0. The molecule has 2 rings (SSSR count). The van der Waals surface area contributed by atoms with E-state index in [0.717, 1.165) is 6.07 Å². The Kier molecular flexibility index (Phi) is 9.84. The predicted molar refractivity (Wildman–Crippen MR) is 131 cm³/mol. The second-order valence-corrected chi connectivity index (χ2v) is 8.45. The molecule has 0 bridgehead atoms. The average molecular weight is 499 g/mol. The molecular formula is C28H28F2O6. The maximum Gasteiger partial charge on any atom is 0.338 e. The number of carbonyl (C=O) groups is 3. The summed E-state index contributed by atoms with van der Waals surface area (Å²) in [5.41, 5.74) is 1.58. The highest BCUT2D eigenvalue weighted by Crippen LogP contribution is 2.28. The minimum atomic E-state index is -0.787. The van der Waals surface area contributed by atoms with Gasteiger partial charge in [0.25, 0.3) is 0 Å². The van der Waals surface area contributed by atoms with E-state index in [4.69, 9.17) is 14.2 Å². The highest BCUT2D eigenvalue weighted by molar-refractivity contribution is 5.89. The van der Waals surface area contributed by atoms with Gasteiger partial charge in [-0.25, -0.2) is 23.2 Å². The number of hydrogen-bond acceptors (Lipinski definition) is 6. The average Bonchev–Trinajstić information content (AvgIpc) is 2.82. The molecule has 0 aliphatic rings. The van der Waals surface area contributed by atoms with Gasteiger partial charge in [-0.2, -0.15) is 0 Å². The van der Waals surface area contributed by atoms with Crippen LogP contribution < -0.4 is 4.74 Å². The van der Waals surface area contributed by atoms with E-state index in [9.17, 15) is 23.2 Å². The van der Waals surface area contributed by atoms with E-state index >= 15 is 0 Å². The number of carbonyl (C=O) groups excluding carboxylic acids is 3. The van der Waals surface area contributed by atoms with Crippen molar-refractivity contribution < 1.29 is 37.4 Å². The molecule has 0 saturated carbocycles. The lowest BCUT2D eigenvalue weighted by molar-refractivity contribution is -0.144. The van der Waals surface area contributed by atoms with Gasteiger partial charge in [0, 0.05) is 22.6 Å². The molecule has 6 nitrogen and oxygen atoms in total. The highest BCUT2D eigenvalue weighted by Gasteiger charge is 2.19. The number of halogens is 2. The number of hydrogen-bond donors (Lipinski definition) is 0. The van der Waals surface area contributed by atoms with Crippen molar-refractivity contribution in [2.75, 3.05) is 13.2 Å². The molecule has 190 valence electrons. The van der Waals surface area contributed by atoms with E-state index in [2.05, 4.69) is 19.7 Å². The van der Waals surface area contributed by atoms with Crippen LogP contribution in [0.2, 0.25) is 0 Å². The zero-order valence-corrected chi connectivity index (χ0v) is 20.5. The second-order valence-electron chi connectivity index (χ2n) is 8.45. The summed E-state index contributed by atoms with van der Waals surface area (Å²) in [5, 5.41) is 0. The Morgan fingerprint density at radius 2 is 1.22 bits per heavy atom. The number of ether oxygens (including phenoxy) is 3. The summed E-state index contributed by atoms with van der Waals surface area (Å²) in [4.78, 5) is 35.2. The van der Waals surface area contributed by atoms with Crippen LogP contribution in [0.5, 0.6) is 5.75 Å². The van der Waals surface area contributed by atoms with Crippen molar-refractivity contribution in [3.8, 4) is 16.9 Å². The van der Waals surface area contributed by atoms with E-state index in [1.807, 2.05) is 0 Å². The fourth-order valence-electron chi connectivity index (χ4n) is 2.95. The first-order valence-corrected chi connectivity index (χ1v) is 11.0. The van der Waals surface area contributed by atoms with Crippen LogP contribution in [0.1, 0.15) is 26.3 Å². The Morgan fingerprint density at radius 3 is 1.67 bits per heavy atom. The molecule has 36 heavy (non-hydrogen) atoms. The Hall–Kier alpha value is -4.07. The van der Waals surface area contributed by atoms with E-state index in [1.165, 1.54) is 45.0 Å². The van der Waals surface area contributed by atoms with Crippen molar-refractivity contribution in [3.63, 3.8) is 0 Å². The van der Waals surface area contributed by atoms with Gasteiger partial charge in [-0.15, -0.1) is 0 Å². The lowest BCUT2D eigenvalue weighted by atomic mass is 9.97. The van der Waals surface area contributed by atoms with Gasteiger partial charge in [-0.1, -0.05) is 37.9 Å². The minimum absolute atomic E-state index is 0.100. The van der Waals surface area contributed by atoms with Crippen LogP contribution >= 0.6 is 0 Å². The molecule has 0 atom stereocenters. The van der Waals surface area contributed by atoms with Gasteiger partial charge in [-0.3, -0.25) is 0 Å². The molecule has 0 amide bonds.